The van der Waals surface area contributed by atoms with Gasteiger partial charge in [-0.05, 0) is 31.2 Å². The zero-order valence-electron chi connectivity index (χ0n) is 11.2. The van der Waals surface area contributed by atoms with E-state index >= 15 is 0 Å². The number of ether oxygens (including phenoxy) is 1. The predicted molar refractivity (Wildman–Crippen MR) is 77.0 cm³/mol. The van der Waals surface area contributed by atoms with Crippen LogP contribution in [0, 0.1) is 5.82 Å². The largest absolute Gasteiger partial charge is 0.478 e. The van der Waals surface area contributed by atoms with E-state index in [1.807, 2.05) is 0 Å². The molecule has 0 amide bonds. The van der Waals surface area contributed by atoms with Gasteiger partial charge in [0.25, 0.3) is 10.0 Å². The van der Waals surface area contributed by atoms with Gasteiger partial charge >= 0.3 is 0 Å². The summed E-state index contributed by atoms with van der Waals surface area (Å²) in [7, 11) is -4.08. The van der Waals surface area contributed by atoms with Crippen molar-refractivity contribution in [2.24, 2.45) is 0 Å². The summed E-state index contributed by atoms with van der Waals surface area (Å²) < 4.78 is 45.2. The fourth-order valence-electron chi connectivity index (χ4n) is 1.61. The normalized spacial score (nSPS) is 11.1. The Bertz CT molecular complexity index is 733. The topological polar surface area (TPSA) is 94.3 Å². The first-order chi connectivity index (χ1) is 9.92. The number of aromatic nitrogens is 1. The lowest BCUT2D eigenvalue weighted by molar-refractivity contribution is 0.327. The second-order valence-corrected chi connectivity index (χ2v) is 5.76. The van der Waals surface area contributed by atoms with E-state index in [-0.39, 0.29) is 11.4 Å². The number of nitrogens with two attached hydrogens (primary N) is 1. The highest BCUT2D eigenvalue weighted by molar-refractivity contribution is 7.92. The third-order valence-electron chi connectivity index (χ3n) is 2.53. The van der Waals surface area contributed by atoms with Crippen molar-refractivity contribution in [3.63, 3.8) is 0 Å². The van der Waals surface area contributed by atoms with Gasteiger partial charge in [-0.3, -0.25) is 4.72 Å². The van der Waals surface area contributed by atoms with E-state index in [1.165, 1.54) is 24.4 Å². The molecule has 8 heteroatoms. The molecule has 112 valence electrons. The van der Waals surface area contributed by atoms with E-state index in [0.717, 1.165) is 12.1 Å². The highest BCUT2D eigenvalue weighted by Gasteiger charge is 2.19. The van der Waals surface area contributed by atoms with Crippen molar-refractivity contribution in [2.75, 3.05) is 17.1 Å². The van der Waals surface area contributed by atoms with Crippen LogP contribution in [0.2, 0.25) is 0 Å². The molecular weight excluding hydrogens is 297 g/mol. The SMILES string of the molecule is CCOc1ccc(NS(=O)(=O)c2cc(N)ccc2F)cn1. The van der Waals surface area contributed by atoms with Crippen molar-refractivity contribution < 1.29 is 17.5 Å². The van der Waals surface area contributed by atoms with Gasteiger partial charge in [0.2, 0.25) is 5.88 Å². The molecule has 0 saturated carbocycles. The molecule has 2 aromatic rings. The van der Waals surface area contributed by atoms with Crippen LogP contribution in [0.1, 0.15) is 6.92 Å². The molecule has 0 spiro atoms. The molecule has 3 N–H and O–H groups in total. The Morgan fingerprint density at radius 2 is 2.10 bits per heavy atom. The number of nitrogen functional groups attached to an aromatic ring is 1. The van der Waals surface area contributed by atoms with Crippen molar-refractivity contribution in [2.45, 2.75) is 11.8 Å². The number of nitrogens with one attached hydrogen (secondary N) is 1. The van der Waals surface area contributed by atoms with Gasteiger partial charge in [-0.15, -0.1) is 0 Å². The molecule has 1 heterocycles. The minimum Gasteiger partial charge on any atom is -0.478 e. The molecule has 0 fully saturated rings. The van der Waals surface area contributed by atoms with Crippen LogP contribution in [-0.2, 0) is 10.0 Å². The first-order valence-electron chi connectivity index (χ1n) is 6.09. The van der Waals surface area contributed by atoms with Crippen LogP contribution in [0.5, 0.6) is 5.88 Å². The molecule has 21 heavy (non-hydrogen) atoms. The Kier molecular flexibility index (Phi) is 4.27. The minimum atomic E-state index is -4.08. The highest BCUT2D eigenvalue weighted by atomic mass is 32.2. The smallest absolute Gasteiger partial charge is 0.264 e. The summed E-state index contributed by atoms with van der Waals surface area (Å²) in [6, 6.07) is 6.32. The van der Waals surface area contributed by atoms with Crippen LogP contribution < -0.4 is 15.2 Å². The van der Waals surface area contributed by atoms with Crippen LogP contribution in [0.25, 0.3) is 0 Å². The van der Waals surface area contributed by atoms with Crippen LogP contribution in [0.4, 0.5) is 15.8 Å². The summed E-state index contributed by atoms with van der Waals surface area (Å²) in [5, 5.41) is 0. The summed E-state index contributed by atoms with van der Waals surface area (Å²) in [5.41, 5.74) is 5.83. The van der Waals surface area contributed by atoms with Gasteiger partial charge < -0.3 is 10.5 Å². The Morgan fingerprint density at radius 3 is 2.71 bits per heavy atom. The van der Waals surface area contributed by atoms with E-state index in [1.54, 1.807) is 6.92 Å². The second-order valence-electron chi connectivity index (χ2n) is 4.11. The Labute approximate surface area is 121 Å². The number of benzene rings is 1. The van der Waals surface area contributed by atoms with Gasteiger partial charge in [-0.2, -0.15) is 0 Å². The van der Waals surface area contributed by atoms with Gasteiger partial charge in [0.15, 0.2) is 0 Å². The molecule has 0 aliphatic heterocycles. The average molecular weight is 311 g/mol. The molecular formula is C13H14FN3O3S. The number of hydrogen-bond donors (Lipinski definition) is 2. The summed E-state index contributed by atoms with van der Waals surface area (Å²) in [4.78, 5) is 3.40. The molecule has 0 bridgehead atoms. The Hall–Kier alpha value is -2.35. The third kappa shape index (κ3) is 3.60. The van der Waals surface area contributed by atoms with Crippen LogP contribution in [0.3, 0.4) is 0 Å². The molecule has 0 saturated heterocycles. The fourth-order valence-corrected chi connectivity index (χ4v) is 2.77. The van der Waals surface area contributed by atoms with E-state index in [2.05, 4.69) is 9.71 Å². The van der Waals surface area contributed by atoms with E-state index < -0.39 is 20.7 Å². The maximum atomic E-state index is 13.6. The molecule has 0 aliphatic carbocycles. The number of halogens is 1. The lowest BCUT2D eigenvalue weighted by Gasteiger charge is -2.09. The molecule has 1 aromatic heterocycles. The van der Waals surface area contributed by atoms with Crippen LogP contribution >= 0.6 is 0 Å². The first kappa shape index (κ1) is 15.0. The molecule has 0 atom stereocenters. The van der Waals surface area contributed by atoms with Crippen molar-refractivity contribution in [3.8, 4) is 5.88 Å². The minimum absolute atomic E-state index is 0.154. The van der Waals surface area contributed by atoms with Crippen molar-refractivity contribution in [1.29, 1.82) is 0 Å². The molecule has 2 rings (SSSR count). The zero-order chi connectivity index (χ0) is 15.5. The molecule has 0 radical (unpaired) electrons. The first-order valence-corrected chi connectivity index (χ1v) is 7.57. The summed E-state index contributed by atoms with van der Waals surface area (Å²) >= 11 is 0. The Morgan fingerprint density at radius 1 is 1.33 bits per heavy atom. The fraction of sp³-hybridized carbons (Fsp3) is 0.154. The van der Waals surface area contributed by atoms with Crippen molar-refractivity contribution in [3.05, 3.63) is 42.3 Å². The molecule has 1 aromatic carbocycles. The molecule has 0 unspecified atom stereocenters. The van der Waals surface area contributed by atoms with Crippen LogP contribution in [0.15, 0.2) is 41.4 Å². The number of sulfonamides is 1. The number of rotatable bonds is 5. The number of anilines is 2. The lowest BCUT2D eigenvalue weighted by Crippen LogP contribution is -2.15. The maximum absolute atomic E-state index is 13.6. The Balaban J connectivity index is 2.26. The van der Waals surface area contributed by atoms with Gasteiger partial charge in [0, 0.05) is 11.8 Å². The van der Waals surface area contributed by atoms with Gasteiger partial charge in [-0.25, -0.2) is 17.8 Å². The standard InChI is InChI=1S/C13H14FN3O3S/c1-2-20-13-6-4-10(8-16-13)17-21(18,19)12-7-9(15)3-5-11(12)14/h3-8,17H,2,15H2,1H3. The quantitative estimate of drug-likeness (QED) is 0.824. The summed E-state index contributed by atoms with van der Waals surface area (Å²) in [6.07, 6.45) is 1.28. The average Bonchev–Trinajstić information content (AvgIpc) is 2.43. The molecule has 6 nitrogen and oxygen atoms in total. The summed E-state index contributed by atoms with van der Waals surface area (Å²) in [6.45, 7) is 2.26. The summed E-state index contributed by atoms with van der Waals surface area (Å²) in [5.74, 6) is -0.508. The molecule has 0 aliphatic rings. The third-order valence-corrected chi connectivity index (χ3v) is 3.92. The van der Waals surface area contributed by atoms with Gasteiger partial charge in [-0.1, -0.05) is 0 Å². The predicted octanol–water partition coefficient (Wildman–Crippen LogP) is 2.00. The van der Waals surface area contributed by atoms with E-state index in [4.69, 9.17) is 10.5 Å². The number of pyridine rings is 1. The highest BCUT2D eigenvalue weighted by Crippen LogP contribution is 2.21. The van der Waals surface area contributed by atoms with Gasteiger partial charge in [0.05, 0.1) is 18.5 Å². The van der Waals surface area contributed by atoms with Crippen LogP contribution in [-0.4, -0.2) is 20.0 Å². The monoisotopic (exact) mass is 311 g/mol. The second kappa shape index (κ2) is 5.96. The van der Waals surface area contributed by atoms with E-state index in [9.17, 15) is 12.8 Å². The maximum Gasteiger partial charge on any atom is 0.264 e. The zero-order valence-corrected chi connectivity index (χ0v) is 12.0. The van der Waals surface area contributed by atoms with Crippen molar-refractivity contribution in [1.82, 2.24) is 4.98 Å². The van der Waals surface area contributed by atoms with Gasteiger partial charge in [0.1, 0.15) is 10.7 Å². The lowest BCUT2D eigenvalue weighted by atomic mass is 10.3. The van der Waals surface area contributed by atoms with Crippen molar-refractivity contribution >= 4 is 21.4 Å². The number of nitrogens with zero attached hydrogens (tertiary/aromatic N) is 1. The van der Waals surface area contributed by atoms with E-state index in [0.29, 0.717) is 12.5 Å². The number of hydrogen-bond acceptors (Lipinski definition) is 5.